The van der Waals surface area contributed by atoms with Crippen molar-refractivity contribution in [2.45, 2.75) is 71.8 Å². The van der Waals surface area contributed by atoms with Crippen LogP contribution in [0.3, 0.4) is 0 Å². The van der Waals surface area contributed by atoms with Gasteiger partial charge in [-0.05, 0) is 82.7 Å². The van der Waals surface area contributed by atoms with E-state index >= 15 is 0 Å². The number of rotatable bonds is 13. The summed E-state index contributed by atoms with van der Waals surface area (Å²) >= 11 is 0. The first-order valence-electron chi connectivity index (χ1n) is 14.1. The van der Waals surface area contributed by atoms with Crippen molar-refractivity contribution >= 4 is 5.91 Å². The molecule has 6 nitrogen and oxygen atoms in total. The molecule has 0 radical (unpaired) electrons. The van der Waals surface area contributed by atoms with Crippen LogP contribution in [-0.4, -0.2) is 56.3 Å². The zero-order valence-electron chi connectivity index (χ0n) is 24.3. The third kappa shape index (κ3) is 8.05. The normalized spacial score (nSPS) is 17.8. The molecule has 210 valence electrons. The summed E-state index contributed by atoms with van der Waals surface area (Å²) in [6.07, 6.45) is 4.50. The Morgan fingerprint density at radius 3 is 2.50 bits per heavy atom. The number of hydrogen-bond donors (Lipinski definition) is 2. The van der Waals surface area contributed by atoms with E-state index in [0.29, 0.717) is 31.7 Å². The fourth-order valence-corrected chi connectivity index (χ4v) is 5.66. The van der Waals surface area contributed by atoms with Crippen molar-refractivity contribution in [2.24, 2.45) is 11.3 Å². The van der Waals surface area contributed by atoms with Crippen molar-refractivity contribution < 1.29 is 19.4 Å². The molecular weight excluding hydrogens is 476 g/mol. The molecule has 3 rings (SSSR count). The number of methoxy groups -OCH3 is 1. The summed E-state index contributed by atoms with van der Waals surface area (Å²) in [4.78, 5) is 15.3. The molecule has 1 aliphatic rings. The van der Waals surface area contributed by atoms with Crippen LogP contribution < -0.4 is 10.1 Å². The van der Waals surface area contributed by atoms with Crippen molar-refractivity contribution in [3.05, 3.63) is 59.2 Å². The number of amides is 1. The van der Waals surface area contributed by atoms with E-state index in [1.54, 1.807) is 7.11 Å². The maximum absolute atomic E-state index is 13.4. The number of unbranched alkanes of at least 4 members (excludes halogenated alkanes) is 1. The second kappa shape index (κ2) is 13.6. The average molecular weight is 525 g/mol. The molecule has 0 spiro atoms. The highest BCUT2D eigenvalue weighted by molar-refractivity contribution is 5.77. The molecule has 1 aliphatic heterocycles. The number of carbonyl (C=O) groups excluding carboxylic acids is 1. The largest absolute Gasteiger partial charge is 0.457 e. The topological polar surface area (TPSA) is 71.0 Å². The number of benzene rings is 2. The number of nitrogens with zero attached hydrogens (tertiary/aromatic N) is 1. The van der Waals surface area contributed by atoms with Crippen molar-refractivity contribution in [1.82, 2.24) is 10.2 Å². The zero-order chi connectivity index (χ0) is 27.8. The molecule has 0 unspecified atom stereocenters. The van der Waals surface area contributed by atoms with Gasteiger partial charge >= 0.3 is 0 Å². The van der Waals surface area contributed by atoms with E-state index in [1.165, 1.54) is 5.56 Å². The van der Waals surface area contributed by atoms with Crippen molar-refractivity contribution in [1.29, 1.82) is 0 Å². The number of ether oxygens (including phenoxy) is 2. The van der Waals surface area contributed by atoms with Crippen molar-refractivity contribution in [3.63, 3.8) is 0 Å². The minimum absolute atomic E-state index is 0.0858. The molecule has 0 aliphatic carbocycles. The van der Waals surface area contributed by atoms with Gasteiger partial charge in [0, 0.05) is 51.3 Å². The van der Waals surface area contributed by atoms with Gasteiger partial charge in [0.1, 0.15) is 11.5 Å². The smallest absolute Gasteiger partial charge is 0.223 e. The quantitative estimate of drug-likeness (QED) is 0.316. The van der Waals surface area contributed by atoms with E-state index in [9.17, 15) is 9.90 Å². The third-order valence-electron chi connectivity index (χ3n) is 7.74. The van der Waals surface area contributed by atoms with Crippen LogP contribution in [0.5, 0.6) is 11.5 Å². The van der Waals surface area contributed by atoms with Gasteiger partial charge in [-0.2, -0.15) is 0 Å². The molecule has 0 aromatic heterocycles. The second-order valence-electron chi connectivity index (χ2n) is 11.8. The highest BCUT2D eigenvalue weighted by Gasteiger charge is 2.43. The van der Waals surface area contributed by atoms with E-state index in [-0.39, 0.29) is 17.2 Å². The van der Waals surface area contributed by atoms with E-state index < -0.39 is 5.60 Å². The lowest BCUT2D eigenvalue weighted by atomic mass is 9.73. The third-order valence-corrected chi connectivity index (χ3v) is 7.74. The van der Waals surface area contributed by atoms with E-state index in [4.69, 9.17) is 9.47 Å². The molecular formula is C32H48N2O4. The van der Waals surface area contributed by atoms with Crippen LogP contribution in [-0.2, 0) is 15.1 Å². The Morgan fingerprint density at radius 2 is 1.82 bits per heavy atom. The molecule has 0 saturated carbocycles. The molecule has 2 N–H and O–H groups in total. The molecule has 1 fully saturated rings. The number of hydrogen-bond acceptors (Lipinski definition) is 5. The van der Waals surface area contributed by atoms with Gasteiger partial charge in [-0.25, -0.2) is 0 Å². The molecule has 6 heteroatoms. The Kier molecular flexibility index (Phi) is 10.8. The van der Waals surface area contributed by atoms with Crippen molar-refractivity contribution in [2.75, 3.05) is 40.4 Å². The minimum atomic E-state index is -1.13. The summed E-state index contributed by atoms with van der Waals surface area (Å²) in [7, 11) is 3.63. The number of aliphatic hydroxyl groups is 1. The van der Waals surface area contributed by atoms with Gasteiger partial charge in [0.05, 0.1) is 5.60 Å². The summed E-state index contributed by atoms with van der Waals surface area (Å²) < 4.78 is 11.7. The van der Waals surface area contributed by atoms with Crippen LogP contribution in [0.1, 0.15) is 69.1 Å². The molecule has 1 amide bonds. The summed E-state index contributed by atoms with van der Waals surface area (Å²) in [6.45, 7) is 11.1. The predicted molar refractivity (Wildman–Crippen MR) is 154 cm³/mol. The van der Waals surface area contributed by atoms with Crippen LogP contribution in [0.2, 0.25) is 0 Å². The van der Waals surface area contributed by atoms with Gasteiger partial charge in [0.25, 0.3) is 0 Å². The summed E-state index contributed by atoms with van der Waals surface area (Å²) in [5, 5.41) is 15.8. The molecule has 0 bridgehead atoms. The summed E-state index contributed by atoms with van der Waals surface area (Å²) in [6, 6.07) is 14.0. The fraction of sp³-hybridized carbons (Fsp3) is 0.594. The van der Waals surface area contributed by atoms with E-state index in [1.807, 2.05) is 55.3 Å². The van der Waals surface area contributed by atoms with Crippen molar-refractivity contribution in [3.8, 4) is 11.5 Å². The van der Waals surface area contributed by atoms with Gasteiger partial charge in [-0.3, -0.25) is 4.79 Å². The van der Waals surface area contributed by atoms with Crippen LogP contribution in [0.4, 0.5) is 0 Å². The summed E-state index contributed by atoms with van der Waals surface area (Å²) in [5.74, 6) is 1.50. The van der Waals surface area contributed by atoms with Gasteiger partial charge in [-0.1, -0.05) is 43.2 Å². The predicted octanol–water partition coefficient (Wildman–Crippen LogP) is 5.97. The highest BCUT2D eigenvalue weighted by Crippen LogP contribution is 2.45. The standard InChI is InChI=1S/C32H48N2O4/c1-24-11-14-27(15-12-24)38-29-16-13-25(2)20-28(29)32(36,17-7-8-19-37-6)26-10-9-18-34(22-26)30(35)21-31(3,4)23-33-5/h11-16,20,26,33,36H,7-10,17-19,21-23H2,1-6H3/t26-,32+/m1/s1. The van der Waals surface area contributed by atoms with Crippen LogP contribution >= 0.6 is 0 Å². The van der Waals surface area contributed by atoms with Crippen LogP contribution in [0.25, 0.3) is 0 Å². The monoisotopic (exact) mass is 524 g/mol. The maximum atomic E-state index is 13.4. The number of carbonyl (C=O) groups is 1. The molecule has 2 aromatic rings. The Morgan fingerprint density at radius 1 is 1.11 bits per heavy atom. The molecule has 38 heavy (non-hydrogen) atoms. The zero-order valence-corrected chi connectivity index (χ0v) is 24.3. The maximum Gasteiger partial charge on any atom is 0.223 e. The van der Waals surface area contributed by atoms with Crippen LogP contribution in [0.15, 0.2) is 42.5 Å². The van der Waals surface area contributed by atoms with E-state index in [0.717, 1.165) is 55.6 Å². The lowest BCUT2D eigenvalue weighted by molar-refractivity contribution is -0.138. The van der Waals surface area contributed by atoms with Gasteiger partial charge in [0.15, 0.2) is 0 Å². The lowest BCUT2D eigenvalue weighted by Crippen LogP contribution is -2.49. The molecule has 2 atom stereocenters. The number of piperidine rings is 1. The number of nitrogens with one attached hydrogen (secondary N) is 1. The Labute approximate surface area is 229 Å². The van der Waals surface area contributed by atoms with Gasteiger partial charge in [0.2, 0.25) is 5.91 Å². The Hall–Kier alpha value is -2.41. The summed E-state index contributed by atoms with van der Waals surface area (Å²) in [5.41, 5.74) is 1.80. The first-order valence-corrected chi connectivity index (χ1v) is 14.1. The van der Waals surface area contributed by atoms with Gasteiger partial charge in [-0.15, -0.1) is 0 Å². The number of likely N-dealkylation sites (tertiary alicyclic amines) is 1. The van der Waals surface area contributed by atoms with Crippen LogP contribution in [0, 0.1) is 25.2 Å². The first kappa shape index (κ1) is 30.1. The average Bonchev–Trinajstić information content (AvgIpc) is 2.88. The van der Waals surface area contributed by atoms with Gasteiger partial charge < -0.3 is 24.8 Å². The first-order chi connectivity index (χ1) is 18.1. The second-order valence-corrected chi connectivity index (χ2v) is 11.8. The Bertz CT molecular complexity index is 1040. The lowest BCUT2D eigenvalue weighted by Gasteiger charge is -2.44. The molecule has 1 heterocycles. The molecule has 2 aromatic carbocycles. The Balaban J connectivity index is 1.93. The number of aryl methyl sites for hydroxylation is 2. The highest BCUT2D eigenvalue weighted by atomic mass is 16.5. The minimum Gasteiger partial charge on any atom is -0.457 e. The molecule has 1 saturated heterocycles. The SMILES string of the molecule is CNCC(C)(C)CC(=O)N1CCC[C@@H]([C@@](O)(CCCCOC)c2cc(C)ccc2Oc2ccc(C)cc2)C1. The van der Waals surface area contributed by atoms with E-state index in [2.05, 4.69) is 32.2 Å². The fourth-order valence-electron chi connectivity index (χ4n) is 5.66.